The molecule has 1 aliphatic carbocycles. The number of carboxylic acids is 1. The Morgan fingerprint density at radius 3 is 2.55 bits per heavy atom. The number of carboxylic acid groups (broad SMARTS) is 1. The fourth-order valence-electron chi connectivity index (χ4n) is 2.21. The third-order valence-electron chi connectivity index (χ3n) is 3.40. The van der Waals surface area contributed by atoms with E-state index in [9.17, 15) is 18.4 Å². The summed E-state index contributed by atoms with van der Waals surface area (Å²) in [6.07, 6.45) is -0.0895. The molecule has 110 valence electrons. The maximum absolute atomic E-state index is 13.0. The van der Waals surface area contributed by atoms with Crippen molar-refractivity contribution < 1.29 is 23.5 Å². The van der Waals surface area contributed by atoms with Crippen molar-refractivity contribution in [2.45, 2.75) is 38.2 Å². The number of amides is 1. The second-order valence-electron chi connectivity index (χ2n) is 4.92. The quantitative estimate of drug-likeness (QED) is 0.899. The molecule has 1 saturated carbocycles. The molecule has 20 heavy (non-hydrogen) atoms. The topological polar surface area (TPSA) is 66.4 Å². The van der Waals surface area contributed by atoms with Crippen molar-refractivity contribution in [2.24, 2.45) is 5.92 Å². The molecular weight excluding hydrogens is 288 g/mol. The number of nitrogens with one attached hydrogen (secondary N) is 1. The highest BCUT2D eigenvalue weighted by Crippen LogP contribution is 2.36. The van der Waals surface area contributed by atoms with E-state index in [0.29, 0.717) is 0 Å². The first-order valence-corrected chi connectivity index (χ1v) is 7.16. The van der Waals surface area contributed by atoms with E-state index in [-0.39, 0.29) is 48.9 Å². The summed E-state index contributed by atoms with van der Waals surface area (Å²) in [7, 11) is 0. The van der Waals surface area contributed by atoms with E-state index in [2.05, 4.69) is 5.32 Å². The van der Waals surface area contributed by atoms with Gasteiger partial charge < -0.3 is 10.4 Å². The first kappa shape index (κ1) is 14.9. The number of halogens is 2. The molecule has 0 atom stereocenters. The first-order valence-electron chi connectivity index (χ1n) is 6.35. The summed E-state index contributed by atoms with van der Waals surface area (Å²) in [4.78, 5) is 23.5. The Morgan fingerprint density at radius 1 is 1.35 bits per heavy atom. The van der Waals surface area contributed by atoms with Gasteiger partial charge in [-0.3, -0.25) is 4.79 Å². The summed E-state index contributed by atoms with van der Waals surface area (Å²) < 4.78 is 26.0. The standard InChI is InChI=1S/C13H15F2NO3S/c14-13(15)5-3-8(4-6-13)11(17)16-7-9-1-2-10(20-9)12(18)19/h1-2,8H,3-7H2,(H,16,17)(H,18,19). The number of hydrogen-bond acceptors (Lipinski definition) is 3. The van der Waals surface area contributed by atoms with Gasteiger partial charge in [-0.25, -0.2) is 13.6 Å². The van der Waals surface area contributed by atoms with Crippen molar-refractivity contribution in [3.63, 3.8) is 0 Å². The largest absolute Gasteiger partial charge is 0.477 e. The maximum atomic E-state index is 13.0. The van der Waals surface area contributed by atoms with Gasteiger partial charge in [0.25, 0.3) is 0 Å². The lowest BCUT2D eigenvalue weighted by atomic mass is 9.86. The summed E-state index contributed by atoms with van der Waals surface area (Å²) in [5, 5.41) is 11.5. The molecule has 1 heterocycles. The van der Waals surface area contributed by atoms with Gasteiger partial charge in [0.2, 0.25) is 11.8 Å². The van der Waals surface area contributed by atoms with E-state index in [1.165, 1.54) is 6.07 Å². The van der Waals surface area contributed by atoms with Crippen LogP contribution in [-0.4, -0.2) is 22.9 Å². The average Bonchev–Trinajstić information content (AvgIpc) is 2.85. The summed E-state index contributed by atoms with van der Waals surface area (Å²) in [6.45, 7) is 0.240. The van der Waals surface area contributed by atoms with Gasteiger partial charge in [-0.1, -0.05) is 0 Å². The average molecular weight is 303 g/mol. The van der Waals surface area contributed by atoms with Crippen molar-refractivity contribution >= 4 is 23.2 Å². The van der Waals surface area contributed by atoms with Crippen LogP contribution in [0, 0.1) is 5.92 Å². The molecule has 2 rings (SSSR count). The SMILES string of the molecule is O=C(O)c1ccc(CNC(=O)C2CCC(F)(F)CC2)s1. The first-order chi connectivity index (χ1) is 9.37. The second kappa shape index (κ2) is 5.87. The van der Waals surface area contributed by atoms with Crippen LogP contribution in [-0.2, 0) is 11.3 Å². The van der Waals surface area contributed by atoms with Crippen LogP contribution < -0.4 is 5.32 Å². The number of aromatic carboxylic acids is 1. The van der Waals surface area contributed by atoms with Crippen LogP contribution in [0.3, 0.4) is 0 Å². The van der Waals surface area contributed by atoms with Crippen molar-refractivity contribution in [1.82, 2.24) is 5.32 Å². The number of carbonyl (C=O) groups excluding carboxylic acids is 1. The molecule has 0 aromatic carbocycles. The normalized spacial score (nSPS) is 18.7. The predicted octanol–water partition coefficient (Wildman–Crippen LogP) is 2.89. The van der Waals surface area contributed by atoms with Gasteiger partial charge in [-0.15, -0.1) is 11.3 Å². The maximum Gasteiger partial charge on any atom is 0.345 e. The zero-order valence-corrected chi connectivity index (χ0v) is 11.5. The monoisotopic (exact) mass is 303 g/mol. The van der Waals surface area contributed by atoms with Gasteiger partial charge in [-0.05, 0) is 25.0 Å². The summed E-state index contributed by atoms with van der Waals surface area (Å²) in [5.74, 6) is -4.23. The Balaban J connectivity index is 1.81. The lowest BCUT2D eigenvalue weighted by molar-refractivity contribution is -0.129. The molecular formula is C13H15F2NO3S. The number of carbonyl (C=O) groups is 2. The van der Waals surface area contributed by atoms with Gasteiger partial charge in [0, 0.05) is 23.6 Å². The Hall–Kier alpha value is -1.50. The van der Waals surface area contributed by atoms with E-state index in [1.54, 1.807) is 6.07 Å². The molecule has 0 aliphatic heterocycles. The van der Waals surface area contributed by atoms with E-state index in [1.807, 2.05) is 0 Å². The molecule has 4 nitrogen and oxygen atoms in total. The molecule has 0 spiro atoms. The van der Waals surface area contributed by atoms with Crippen molar-refractivity contribution in [1.29, 1.82) is 0 Å². The molecule has 7 heteroatoms. The third kappa shape index (κ3) is 3.75. The smallest absolute Gasteiger partial charge is 0.345 e. The van der Waals surface area contributed by atoms with E-state index < -0.39 is 11.9 Å². The van der Waals surface area contributed by atoms with E-state index in [4.69, 9.17) is 5.11 Å². The number of rotatable bonds is 4. The molecule has 1 aromatic heterocycles. The predicted molar refractivity (Wildman–Crippen MR) is 70.0 cm³/mol. The van der Waals surface area contributed by atoms with Gasteiger partial charge in [0.05, 0.1) is 6.54 Å². The van der Waals surface area contributed by atoms with E-state index >= 15 is 0 Å². The Morgan fingerprint density at radius 2 is 2.00 bits per heavy atom. The minimum atomic E-state index is -2.64. The number of hydrogen-bond donors (Lipinski definition) is 2. The summed E-state index contributed by atoms with van der Waals surface area (Å²) >= 11 is 1.10. The van der Waals surface area contributed by atoms with Crippen LogP contribution in [0.4, 0.5) is 8.78 Å². The molecule has 0 unspecified atom stereocenters. The molecule has 1 amide bonds. The third-order valence-corrected chi connectivity index (χ3v) is 4.47. The number of alkyl halides is 2. The second-order valence-corrected chi connectivity index (χ2v) is 6.09. The fraction of sp³-hybridized carbons (Fsp3) is 0.538. The lowest BCUT2D eigenvalue weighted by Crippen LogP contribution is -2.35. The number of thiophene rings is 1. The lowest BCUT2D eigenvalue weighted by Gasteiger charge is -2.27. The molecule has 0 saturated heterocycles. The Kier molecular flexibility index (Phi) is 4.37. The Bertz CT molecular complexity index is 505. The minimum Gasteiger partial charge on any atom is -0.477 e. The zero-order chi connectivity index (χ0) is 14.8. The highest BCUT2D eigenvalue weighted by molar-refractivity contribution is 7.13. The van der Waals surface area contributed by atoms with Crippen LogP contribution in [0.15, 0.2) is 12.1 Å². The molecule has 2 N–H and O–H groups in total. The molecule has 1 aliphatic rings. The van der Waals surface area contributed by atoms with Crippen molar-refractivity contribution in [3.05, 3.63) is 21.9 Å². The Labute approximate surface area is 118 Å². The molecule has 0 bridgehead atoms. The van der Waals surface area contributed by atoms with Gasteiger partial charge >= 0.3 is 5.97 Å². The van der Waals surface area contributed by atoms with Gasteiger partial charge in [-0.2, -0.15) is 0 Å². The van der Waals surface area contributed by atoms with Crippen LogP contribution in [0.2, 0.25) is 0 Å². The highest BCUT2D eigenvalue weighted by atomic mass is 32.1. The molecule has 0 radical (unpaired) electrons. The van der Waals surface area contributed by atoms with Crippen LogP contribution >= 0.6 is 11.3 Å². The van der Waals surface area contributed by atoms with Gasteiger partial charge in [0.1, 0.15) is 4.88 Å². The molecule has 1 aromatic rings. The van der Waals surface area contributed by atoms with E-state index in [0.717, 1.165) is 16.2 Å². The van der Waals surface area contributed by atoms with Crippen LogP contribution in [0.5, 0.6) is 0 Å². The zero-order valence-electron chi connectivity index (χ0n) is 10.7. The highest BCUT2D eigenvalue weighted by Gasteiger charge is 2.37. The molecule has 1 fully saturated rings. The minimum absolute atomic E-state index is 0.198. The fourth-order valence-corrected chi connectivity index (χ4v) is 3.00. The van der Waals surface area contributed by atoms with Gasteiger partial charge in [0.15, 0.2) is 0 Å². The van der Waals surface area contributed by atoms with Crippen LogP contribution in [0.1, 0.15) is 40.2 Å². The van der Waals surface area contributed by atoms with Crippen LogP contribution in [0.25, 0.3) is 0 Å². The van der Waals surface area contributed by atoms with Crippen molar-refractivity contribution in [3.8, 4) is 0 Å². The summed E-state index contributed by atoms with van der Waals surface area (Å²) in [6, 6.07) is 3.12. The summed E-state index contributed by atoms with van der Waals surface area (Å²) in [5.41, 5.74) is 0. The van der Waals surface area contributed by atoms with Crippen molar-refractivity contribution in [2.75, 3.05) is 0 Å².